The Morgan fingerprint density at radius 3 is 2.92 bits per heavy atom. The van der Waals surface area contributed by atoms with Crippen LogP contribution in [0.5, 0.6) is 0 Å². The number of thiazole rings is 1. The molecular weight excluding hydrogens is 358 g/mol. The lowest BCUT2D eigenvalue weighted by Gasteiger charge is -2.03. The average Bonchev–Trinajstić information content (AvgIpc) is 3.26. The Balaban J connectivity index is 1.59. The lowest BCUT2D eigenvalue weighted by Crippen LogP contribution is -2.14. The van der Waals surface area contributed by atoms with Crippen molar-refractivity contribution in [3.63, 3.8) is 0 Å². The topological polar surface area (TPSA) is 78.2 Å². The van der Waals surface area contributed by atoms with Gasteiger partial charge in [-0.2, -0.15) is 0 Å². The van der Waals surface area contributed by atoms with Gasteiger partial charge in [0.1, 0.15) is 5.76 Å². The standard InChI is InChI=1S/C16H15N5O2S2/c1-9-7-24-15-17-11(6-13(22)21(9)15)8-25-16-19-18-14(20(16)3)12-4-5-23-10(12)2/h4-7H,8H2,1-3H3. The molecule has 0 atom stereocenters. The molecule has 4 heterocycles. The van der Waals surface area contributed by atoms with Crippen LogP contribution in [0.25, 0.3) is 16.3 Å². The summed E-state index contributed by atoms with van der Waals surface area (Å²) in [5, 5.41) is 11.2. The minimum Gasteiger partial charge on any atom is -0.469 e. The van der Waals surface area contributed by atoms with Gasteiger partial charge in [0, 0.05) is 29.9 Å². The van der Waals surface area contributed by atoms with Gasteiger partial charge in [0.05, 0.1) is 17.5 Å². The SMILES string of the molecule is Cc1occc1-c1nnc(SCc2cc(=O)n3c(C)csc3n2)n1C. The number of fused-ring (bicyclic) bond motifs is 1. The second-order valence-electron chi connectivity index (χ2n) is 5.63. The van der Waals surface area contributed by atoms with Gasteiger partial charge >= 0.3 is 0 Å². The Kier molecular flexibility index (Phi) is 3.97. The smallest absolute Gasteiger partial charge is 0.258 e. The molecule has 4 aromatic rings. The van der Waals surface area contributed by atoms with Crippen LogP contribution in [0.3, 0.4) is 0 Å². The van der Waals surface area contributed by atoms with Crippen molar-refractivity contribution in [2.45, 2.75) is 24.8 Å². The highest BCUT2D eigenvalue weighted by molar-refractivity contribution is 7.98. The first-order valence-corrected chi connectivity index (χ1v) is 9.44. The van der Waals surface area contributed by atoms with Crippen molar-refractivity contribution >= 4 is 28.1 Å². The Morgan fingerprint density at radius 2 is 2.16 bits per heavy atom. The summed E-state index contributed by atoms with van der Waals surface area (Å²) < 4.78 is 8.88. The van der Waals surface area contributed by atoms with Crippen LogP contribution in [0.15, 0.2) is 38.1 Å². The molecule has 0 unspecified atom stereocenters. The third kappa shape index (κ3) is 2.79. The van der Waals surface area contributed by atoms with Crippen molar-refractivity contribution in [2.75, 3.05) is 0 Å². The zero-order valence-electron chi connectivity index (χ0n) is 13.9. The molecule has 0 amide bonds. The van der Waals surface area contributed by atoms with Crippen molar-refractivity contribution in [1.82, 2.24) is 24.1 Å². The van der Waals surface area contributed by atoms with Crippen LogP contribution < -0.4 is 5.56 Å². The van der Waals surface area contributed by atoms with Gasteiger partial charge in [0.2, 0.25) is 0 Å². The van der Waals surface area contributed by atoms with Crippen LogP contribution in [-0.4, -0.2) is 24.1 Å². The summed E-state index contributed by atoms with van der Waals surface area (Å²) in [6, 6.07) is 3.46. The number of hydrogen-bond acceptors (Lipinski definition) is 7. The fourth-order valence-electron chi connectivity index (χ4n) is 2.61. The first-order valence-electron chi connectivity index (χ1n) is 7.58. The maximum absolute atomic E-state index is 12.2. The quantitative estimate of drug-likeness (QED) is 0.512. The molecule has 4 rings (SSSR count). The van der Waals surface area contributed by atoms with Crippen LogP contribution in [0.4, 0.5) is 0 Å². The van der Waals surface area contributed by atoms with E-state index in [0.29, 0.717) is 10.7 Å². The molecule has 0 spiro atoms. The Hall–Kier alpha value is -2.39. The Labute approximate surface area is 151 Å². The molecular formula is C16H15N5O2S2. The minimum atomic E-state index is -0.0490. The number of aromatic nitrogens is 5. The highest BCUT2D eigenvalue weighted by Crippen LogP contribution is 2.27. The van der Waals surface area contributed by atoms with E-state index >= 15 is 0 Å². The minimum absolute atomic E-state index is 0.0490. The predicted molar refractivity (Wildman–Crippen MR) is 97.1 cm³/mol. The van der Waals surface area contributed by atoms with E-state index in [9.17, 15) is 4.79 Å². The second kappa shape index (κ2) is 6.16. The largest absolute Gasteiger partial charge is 0.469 e. The van der Waals surface area contributed by atoms with Crippen molar-refractivity contribution in [3.8, 4) is 11.4 Å². The first kappa shape index (κ1) is 16.1. The van der Waals surface area contributed by atoms with E-state index in [-0.39, 0.29) is 5.56 Å². The van der Waals surface area contributed by atoms with Gasteiger partial charge in [-0.3, -0.25) is 9.20 Å². The molecule has 0 radical (unpaired) electrons. The molecule has 0 bridgehead atoms. The number of aryl methyl sites for hydroxylation is 2. The number of thioether (sulfide) groups is 1. The van der Waals surface area contributed by atoms with E-state index in [2.05, 4.69) is 15.2 Å². The predicted octanol–water partition coefficient (Wildman–Crippen LogP) is 3.05. The van der Waals surface area contributed by atoms with Gasteiger partial charge < -0.3 is 8.98 Å². The lowest BCUT2D eigenvalue weighted by molar-refractivity contribution is 0.534. The maximum Gasteiger partial charge on any atom is 0.258 e. The Morgan fingerprint density at radius 1 is 1.32 bits per heavy atom. The van der Waals surface area contributed by atoms with Crippen LogP contribution >= 0.6 is 23.1 Å². The molecule has 0 fully saturated rings. The molecule has 4 aromatic heterocycles. The molecule has 0 aliphatic heterocycles. The fraction of sp³-hybridized carbons (Fsp3) is 0.250. The average molecular weight is 373 g/mol. The molecule has 0 aromatic carbocycles. The highest BCUT2D eigenvalue weighted by Gasteiger charge is 2.15. The normalized spacial score (nSPS) is 11.5. The maximum atomic E-state index is 12.2. The van der Waals surface area contributed by atoms with Crippen LogP contribution in [0.2, 0.25) is 0 Å². The molecule has 0 saturated heterocycles. The molecule has 0 N–H and O–H groups in total. The summed E-state index contributed by atoms with van der Waals surface area (Å²) in [5.74, 6) is 2.12. The highest BCUT2D eigenvalue weighted by atomic mass is 32.2. The molecule has 128 valence electrons. The van der Waals surface area contributed by atoms with E-state index in [1.807, 2.05) is 36.9 Å². The van der Waals surface area contributed by atoms with Crippen LogP contribution in [0.1, 0.15) is 17.1 Å². The molecule has 0 saturated carbocycles. The third-order valence-corrected chi connectivity index (χ3v) is 5.91. The van der Waals surface area contributed by atoms with E-state index in [1.54, 1.807) is 16.7 Å². The van der Waals surface area contributed by atoms with Crippen LogP contribution in [0, 0.1) is 13.8 Å². The molecule has 0 aliphatic carbocycles. The number of hydrogen-bond donors (Lipinski definition) is 0. The third-order valence-electron chi connectivity index (χ3n) is 3.91. The number of rotatable bonds is 4. The van der Waals surface area contributed by atoms with Gasteiger partial charge in [-0.1, -0.05) is 11.8 Å². The summed E-state index contributed by atoms with van der Waals surface area (Å²) in [4.78, 5) is 17.5. The zero-order valence-corrected chi connectivity index (χ0v) is 15.5. The van der Waals surface area contributed by atoms with Crippen molar-refractivity contribution in [1.29, 1.82) is 0 Å². The van der Waals surface area contributed by atoms with Gasteiger partial charge in [-0.15, -0.1) is 21.5 Å². The molecule has 0 aliphatic rings. The van der Waals surface area contributed by atoms with E-state index in [0.717, 1.165) is 33.7 Å². The van der Waals surface area contributed by atoms with Crippen molar-refractivity contribution < 1.29 is 4.42 Å². The zero-order chi connectivity index (χ0) is 17.6. The van der Waals surface area contributed by atoms with Gasteiger partial charge in [0.15, 0.2) is 15.9 Å². The van der Waals surface area contributed by atoms with E-state index in [1.165, 1.54) is 23.1 Å². The van der Waals surface area contributed by atoms with Crippen molar-refractivity contribution in [2.24, 2.45) is 7.05 Å². The van der Waals surface area contributed by atoms with Gasteiger partial charge in [-0.05, 0) is 19.9 Å². The van der Waals surface area contributed by atoms with E-state index in [4.69, 9.17) is 4.42 Å². The second-order valence-corrected chi connectivity index (χ2v) is 7.40. The molecule has 7 nitrogen and oxygen atoms in total. The lowest BCUT2D eigenvalue weighted by atomic mass is 10.2. The first-order chi connectivity index (χ1) is 12.0. The summed E-state index contributed by atoms with van der Waals surface area (Å²) in [5.41, 5.74) is 2.52. The van der Waals surface area contributed by atoms with Gasteiger partial charge in [0.25, 0.3) is 5.56 Å². The summed E-state index contributed by atoms with van der Waals surface area (Å²) in [7, 11) is 1.91. The molecule has 25 heavy (non-hydrogen) atoms. The fourth-order valence-corrected chi connectivity index (χ4v) is 4.30. The van der Waals surface area contributed by atoms with E-state index < -0.39 is 0 Å². The van der Waals surface area contributed by atoms with Crippen LogP contribution in [-0.2, 0) is 12.8 Å². The van der Waals surface area contributed by atoms with Crippen molar-refractivity contribution in [3.05, 3.63) is 51.3 Å². The summed E-state index contributed by atoms with van der Waals surface area (Å²) in [6.07, 6.45) is 1.64. The Bertz CT molecular complexity index is 1120. The molecule has 9 heteroatoms. The summed E-state index contributed by atoms with van der Waals surface area (Å²) in [6.45, 7) is 3.80. The summed E-state index contributed by atoms with van der Waals surface area (Å²) >= 11 is 2.97. The number of furan rings is 1. The monoisotopic (exact) mass is 373 g/mol. The number of nitrogens with zero attached hydrogens (tertiary/aromatic N) is 5. The van der Waals surface area contributed by atoms with Gasteiger partial charge in [-0.25, -0.2) is 4.98 Å².